The first kappa shape index (κ1) is 13.1. The molecule has 3 N–H and O–H groups in total. The maximum absolute atomic E-state index is 11.3. The largest absolute Gasteiger partial charge is 0.479 e. The molecule has 1 rings (SSSR count). The molecule has 92 valence electrons. The quantitative estimate of drug-likeness (QED) is 0.625. The Kier molecular flexibility index (Phi) is 5.09. The first-order valence-corrected chi connectivity index (χ1v) is 5.16. The van der Waals surface area contributed by atoms with Crippen LogP contribution in [0.25, 0.3) is 0 Å². The smallest absolute Gasteiger partial charge is 0.334 e. The Morgan fingerprint density at radius 2 is 2.24 bits per heavy atom. The van der Waals surface area contributed by atoms with Gasteiger partial charge in [-0.15, -0.1) is 0 Å². The molecule has 1 unspecified atom stereocenters. The Bertz CT molecular complexity index is 380. The van der Waals surface area contributed by atoms with E-state index in [1.807, 2.05) is 6.07 Å². The van der Waals surface area contributed by atoms with Crippen molar-refractivity contribution >= 4 is 11.9 Å². The summed E-state index contributed by atoms with van der Waals surface area (Å²) in [6.45, 7) is -0.277. The van der Waals surface area contributed by atoms with Gasteiger partial charge in [0, 0.05) is 18.8 Å². The molecule has 17 heavy (non-hydrogen) atoms. The molecular weight excluding hydrogens is 224 g/mol. The summed E-state index contributed by atoms with van der Waals surface area (Å²) in [7, 11) is 0. The third kappa shape index (κ3) is 5.07. The van der Waals surface area contributed by atoms with Crippen molar-refractivity contribution in [2.24, 2.45) is 0 Å². The number of rotatable bonds is 6. The Labute approximate surface area is 98.3 Å². The average Bonchev–Trinajstić information content (AvgIpc) is 2.34. The van der Waals surface area contributed by atoms with Crippen LogP contribution in [0.2, 0.25) is 0 Å². The number of carbonyl (C=O) groups excluding carboxylic acids is 1. The Balaban J connectivity index is 2.24. The van der Waals surface area contributed by atoms with Gasteiger partial charge in [0.15, 0.2) is 6.10 Å². The number of hydrogen-bond acceptors (Lipinski definition) is 4. The molecule has 0 aliphatic heterocycles. The first-order chi connectivity index (χ1) is 8.09. The van der Waals surface area contributed by atoms with Gasteiger partial charge in [-0.1, -0.05) is 6.07 Å². The molecule has 0 radical (unpaired) electrons. The molecule has 0 aromatic carbocycles. The molecule has 1 atom stereocenters. The Morgan fingerprint density at radius 1 is 1.47 bits per heavy atom. The normalized spacial score (nSPS) is 11.8. The van der Waals surface area contributed by atoms with Gasteiger partial charge in [0.05, 0.1) is 6.54 Å². The summed E-state index contributed by atoms with van der Waals surface area (Å²) >= 11 is 0. The number of amides is 1. The van der Waals surface area contributed by atoms with Gasteiger partial charge >= 0.3 is 5.97 Å². The minimum absolute atomic E-state index is 0.234. The minimum Gasteiger partial charge on any atom is -0.479 e. The molecule has 1 heterocycles. The lowest BCUT2D eigenvalue weighted by Crippen LogP contribution is -2.36. The zero-order chi connectivity index (χ0) is 12.7. The van der Waals surface area contributed by atoms with Gasteiger partial charge in [-0.2, -0.15) is 0 Å². The van der Waals surface area contributed by atoms with Gasteiger partial charge in [0.2, 0.25) is 5.91 Å². The highest BCUT2D eigenvalue weighted by Gasteiger charge is 2.13. The molecule has 0 spiro atoms. The number of pyridine rings is 1. The average molecular weight is 238 g/mol. The summed E-state index contributed by atoms with van der Waals surface area (Å²) in [6.07, 6.45) is 2.52. The summed E-state index contributed by atoms with van der Waals surface area (Å²) in [4.78, 5) is 25.5. The summed E-state index contributed by atoms with van der Waals surface area (Å²) < 4.78 is 0. The van der Waals surface area contributed by atoms with Crippen molar-refractivity contribution in [3.8, 4) is 0 Å². The fourth-order valence-corrected chi connectivity index (χ4v) is 1.19. The number of carbonyl (C=O) groups is 2. The number of nitrogens with zero attached hydrogens (tertiary/aromatic N) is 1. The monoisotopic (exact) mass is 238 g/mol. The molecular formula is C11H14N2O4. The van der Waals surface area contributed by atoms with Crippen molar-refractivity contribution in [3.63, 3.8) is 0 Å². The highest BCUT2D eigenvalue weighted by Crippen LogP contribution is 1.99. The third-order valence-corrected chi connectivity index (χ3v) is 2.14. The van der Waals surface area contributed by atoms with Crippen LogP contribution in [0.4, 0.5) is 0 Å². The van der Waals surface area contributed by atoms with E-state index >= 15 is 0 Å². The van der Waals surface area contributed by atoms with E-state index in [0.29, 0.717) is 6.42 Å². The van der Waals surface area contributed by atoms with Gasteiger partial charge < -0.3 is 15.5 Å². The highest BCUT2D eigenvalue weighted by molar-refractivity contribution is 5.78. The van der Waals surface area contributed by atoms with Crippen LogP contribution in [0.15, 0.2) is 24.5 Å². The van der Waals surface area contributed by atoms with E-state index in [1.54, 1.807) is 18.5 Å². The molecule has 0 saturated carbocycles. The van der Waals surface area contributed by atoms with Crippen molar-refractivity contribution in [3.05, 3.63) is 30.1 Å². The molecule has 0 aliphatic rings. The van der Waals surface area contributed by atoms with Crippen LogP contribution in [0, 0.1) is 0 Å². The Morgan fingerprint density at radius 3 is 2.82 bits per heavy atom. The maximum atomic E-state index is 11.3. The number of aliphatic carboxylic acids is 1. The van der Waals surface area contributed by atoms with E-state index in [2.05, 4.69) is 10.3 Å². The van der Waals surface area contributed by atoms with Crippen LogP contribution in [-0.2, 0) is 16.0 Å². The summed E-state index contributed by atoms with van der Waals surface area (Å²) in [6, 6.07) is 3.63. The van der Waals surface area contributed by atoms with Crippen LogP contribution < -0.4 is 5.32 Å². The number of aromatic nitrogens is 1. The van der Waals surface area contributed by atoms with Crippen LogP contribution in [0.1, 0.15) is 12.0 Å². The van der Waals surface area contributed by atoms with E-state index < -0.39 is 12.1 Å². The molecule has 1 amide bonds. The van der Waals surface area contributed by atoms with Gasteiger partial charge in [-0.3, -0.25) is 9.78 Å². The second-order valence-corrected chi connectivity index (χ2v) is 3.52. The lowest BCUT2D eigenvalue weighted by molar-refractivity contribution is -0.146. The van der Waals surface area contributed by atoms with Gasteiger partial charge in [-0.25, -0.2) is 4.79 Å². The first-order valence-electron chi connectivity index (χ1n) is 5.16. The van der Waals surface area contributed by atoms with Crippen molar-refractivity contribution in [2.45, 2.75) is 18.9 Å². The van der Waals surface area contributed by atoms with E-state index in [4.69, 9.17) is 10.2 Å². The number of carboxylic acids is 1. The molecule has 0 aliphatic carbocycles. The van der Waals surface area contributed by atoms with E-state index in [0.717, 1.165) is 5.56 Å². The number of aliphatic hydroxyl groups is 1. The number of hydrogen-bond donors (Lipinski definition) is 3. The van der Waals surface area contributed by atoms with Crippen LogP contribution >= 0.6 is 0 Å². The molecule has 1 aromatic heterocycles. The lowest BCUT2D eigenvalue weighted by atomic mass is 10.1. The molecule has 0 fully saturated rings. The number of nitrogens with one attached hydrogen (secondary N) is 1. The topological polar surface area (TPSA) is 99.5 Å². The standard InChI is InChI=1S/C11H14N2O4/c14-9(11(16)17)7-13-10(15)4-3-8-2-1-5-12-6-8/h1-2,5-6,9,14H,3-4,7H2,(H,13,15)(H,16,17). The third-order valence-electron chi connectivity index (χ3n) is 2.14. The van der Waals surface area contributed by atoms with Gasteiger partial charge in [-0.05, 0) is 18.1 Å². The zero-order valence-electron chi connectivity index (χ0n) is 9.17. The molecule has 0 bridgehead atoms. The van der Waals surface area contributed by atoms with Gasteiger partial charge in [0.25, 0.3) is 0 Å². The van der Waals surface area contributed by atoms with E-state index in [1.165, 1.54) is 0 Å². The lowest BCUT2D eigenvalue weighted by Gasteiger charge is -2.07. The van der Waals surface area contributed by atoms with Crippen LogP contribution in [0.3, 0.4) is 0 Å². The maximum Gasteiger partial charge on any atom is 0.334 e. The molecule has 6 nitrogen and oxygen atoms in total. The summed E-state index contributed by atoms with van der Waals surface area (Å²) in [5, 5.41) is 19.7. The predicted octanol–water partition coefficient (Wildman–Crippen LogP) is -0.424. The SMILES string of the molecule is O=C(CCc1cccnc1)NCC(O)C(=O)O. The number of aryl methyl sites for hydroxylation is 1. The molecule has 6 heteroatoms. The minimum atomic E-state index is -1.56. The van der Waals surface area contributed by atoms with Crippen molar-refractivity contribution in [1.29, 1.82) is 0 Å². The number of aliphatic hydroxyl groups excluding tert-OH is 1. The molecule has 0 saturated heterocycles. The molecule has 1 aromatic rings. The Hall–Kier alpha value is -1.95. The summed E-state index contributed by atoms with van der Waals surface area (Å²) in [5.74, 6) is -1.65. The van der Waals surface area contributed by atoms with Crippen molar-refractivity contribution in [1.82, 2.24) is 10.3 Å². The zero-order valence-corrected chi connectivity index (χ0v) is 9.17. The second kappa shape index (κ2) is 6.59. The fourth-order valence-electron chi connectivity index (χ4n) is 1.19. The van der Waals surface area contributed by atoms with E-state index in [-0.39, 0.29) is 18.9 Å². The van der Waals surface area contributed by atoms with Crippen molar-refractivity contribution < 1.29 is 19.8 Å². The highest BCUT2D eigenvalue weighted by atomic mass is 16.4. The van der Waals surface area contributed by atoms with Crippen LogP contribution in [0.5, 0.6) is 0 Å². The van der Waals surface area contributed by atoms with E-state index in [9.17, 15) is 9.59 Å². The number of carboxylic acid groups (broad SMARTS) is 1. The predicted molar refractivity (Wildman–Crippen MR) is 59.2 cm³/mol. The summed E-state index contributed by atoms with van der Waals surface area (Å²) in [5.41, 5.74) is 0.932. The van der Waals surface area contributed by atoms with Gasteiger partial charge in [0.1, 0.15) is 0 Å². The van der Waals surface area contributed by atoms with Crippen LogP contribution in [-0.4, -0.2) is 39.7 Å². The van der Waals surface area contributed by atoms with Crippen molar-refractivity contribution in [2.75, 3.05) is 6.54 Å². The fraction of sp³-hybridized carbons (Fsp3) is 0.364. The second-order valence-electron chi connectivity index (χ2n) is 3.52.